The van der Waals surface area contributed by atoms with Gasteiger partial charge < -0.3 is 5.32 Å². The van der Waals surface area contributed by atoms with Crippen molar-refractivity contribution in [3.05, 3.63) is 35.4 Å². The molecule has 0 radical (unpaired) electrons. The molecule has 0 aliphatic carbocycles. The van der Waals surface area contributed by atoms with Crippen LogP contribution < -0.4 is 5.32 Å². The quantitative estimate of drug-likeness (QED) is 0.840. The number of piperidine rings is 1. The van der Waals surface area contributed by atoms with Gasteiger partial charge in [0.2, 0.25) is 0 Å². The monoisotopic (exact) mass is 350 g/mol. The molecule has 1 aromatic rings. The van der Waals surface area contributed by atoms with E-state index in [0.29, 0.717) is 0 Å². The zero-order valence-electron chi connectivity index (χ0n) is 14.5. The summed E-state index contributed by atoms with van der Waals surface area (Å²) in [4.78, 5) is 12.1. The fourth-order valence-electron chi connectivity index (χ4n) is 3.66. The number of Topliss-reactive ketones (excluding diaryl/α,β-unsaturated/α-hetero) is 1. The van der Waals surface area contributed by atoms with Crippen LogP contribution in [0.1, 0.15) is 36.4 Å². The molecule has 23 heavy (non-hydrogen) atoms. The molecule has 1 unspecified atom stereocenters. The van der Waals surface area contributed by atoms with Gasteiger partial charge in [-0.3, -0.25) is 4.79 Å². The Bertz CT molecular complexity index is 581. The van der Waals surface area contributed by atoms with Crippen LogP contribution in [0.3, 0.4) is 0 Å². The van der Waals surface area contributed by atoms with Gasteiger partial charge in [0.25, 0.3) is 0 Å². The molecule has 2 rings (SSSR count). The Kier molecular flexibility index (Phi) is 6.58. The molecule has 0 amide bonds. The third-order valence-electron chi connectivity index (χ3n) is 4.74. The molecule has 3 nitrogen and oxygen atoms in total. The third kappa shape index (κ3) is 4.23. The van der Waals surface area contributed by atoms with E-state index in [4.69, 9.17) is 0 Å². The molecule has 1 aliphatic heterocycles. The van der Waals surface area contributed by atoms with Crippen LogP contribution in [0.4, 0.5) is 0 Å². The molecule has 5 heteroatoms. The third-order valence-corrected chi connectivity index (χ3v) is 7.21. The maximum atomic E-state index is 12.1. The summed E-state index contributed by atoms with van der Waals surface area (Å²) in [5, 5.41) is 13.0. The molecule has 1 N–H and O–H groups in total. The van der Waals surface area contributed by atoms with Crippen LogP contribution in [0.5, 0.6) is 0 Å². The zero-order valence-corrected chi connectivity index (χ0v) is 16.3. The van der Waals surface area contributed by atoms with Gasteiger partial charge in [-0.05, 0) is 44.0 Å². The van der Waals surface area contributed by atoms with Gasteiger partial charge in [-0.25, -0.2) is 0 Å². The second kappa shape index (κ2) is 7.61. The highest BCUT2D eigenvalue weighted by Gasteiger charge is 2.35. The minimum absolute atomic E-state index is 0. The van der Waals surface area contributed by atoms with Crippen molar-refractivity contribution in [3.8, 4) is 6.07 Å². The minimum atomic E-state index is -1.60. The number of halogens is 1. The second-order valence-corrected chi connectivity index (χ2v) is 12.8. The molecule has 0 saturated carbocycles. The summed E-state index contributed by atoms with van der Waals surface area (Å²) in [6.45, 7) is 10.2. The Morgan fingerprint density at radius 1 is 1.22 bits per heavy atom. The number of benzene rings is 1. The van der Waals surface area contributed by atoms with Gasteiger partial charge in [-0.1, -0.05) is 43.9 Å². The van der Waals surface area contributed by atoms with E-state index in [2.05, 4.69) is 55.3 Å². The van der Waals surface area contributed by atoms with Crippen molar-refractivity contribution < 1.29 is 4.79 Å². The number of nitriles is 1. The van der Waals surface area contributed by atoms with E-state index in [1.54, 1.807) is 6.92 Å². The fraction of sp³-hybridized carbons (Fsp3) is 0.556. The van der Waals surface area contributed by atoms with Gasteiger partial charge in [0.15, 0.2) is 0 Å². The molecule has 0 bridgehead atoms. The second-order valence-electron chi connectivity index (χ2n) is 7.48. The van der Waals surface area contributed by atoms with Crippen LogP contribution in [0, 0.1) is 11.3 Å². The molecular formula is C18H27ClN2OSi. The lowest BCUT2D eigenvalue weighted by Crippen LogP contribution is -2.39. The van der Waals surface area contributed by atoms with Gasteiger partial charge in [0.05, 0.1) is 19.6 Å². The van der Waals surface area contributed by atoms with Crippen molar-refractivity contribution in [2.75, 3.05) is 13.1 Å². The molecule has 0 aromatic heterocycles. The topological polar surface area (TPSA) is 52.9 Å². The van der Waals surface area contributed by atoms with Gasteiger partial charge in [0.1, 0.15) is 5.78 Å². The largest absolute Gasteiger partial charge is 0.317 e. The number of nitrogens with one attached hydrogen (secondary N) is 1. The standard InChI is InChI=1S/C18H26N2OSi.ClH/c1-14(21)17(22(2,3)4)15-5-7-16(8-6-15)18(13-19)9-11-20-12-10-18;/h5-8,17,20H,9-12H2,1-4H3;1H. The Labute approximate surface area is 146 Å². The predicted molar refractivity (Wildman–Crippen MR) is 99.9 cm³/mol. The Balaban J connectivity index is 0.00000264. The summed E-state index contributed by atoms with van der Waals surface area (Å²) >= 11 is 0. The predicted octanol–water partition coefficient (Wildman–Crippen LogP) is 3.80. The number of hydrogen-bond donors (Lipinski definition) is 1. The number of nitrogens with zero attached hydrogens (tertiary/aromatic N) is 1. The summed E-state index contributed by atoms with van der Waals surface area (Å²) in [5.74, 6) is 0.253. The maximum absolute atomic E-state index is 12.1. The Hall–Kier alpha value is -1.15. The SMILES string of the molecule is CC(=O)C(c1ccc(C2(C#N)CCNCC2)cc1)[Si](C)(C)C.Cl. The van der Waals surface area contributed by atoms with Gasteiger partial charge in [-0.2, -0.15) is 5.26 Å². The summed E-state index contributed by atoms with van der Waals surface area (Å²) in [7, 11) is -1.60. The highest BCUT2D eigenvalue weighted by Crippen LogP contribution is 2.35. The lowest BCUT2D eigenvalue weighted by Gasteiger charge is -2.32. The van der Waals surface area contributed by atoms with Gasteiger partial charge in [-0.15, -0.1) is 12.4 Å². The van der Waals surface area contributed by atoms with E-state index in [0.717, 1.165) is 37.1 Å². The molecule has 1 atom stereocenters. The number of carbonyl (C=O) groups is 1. The molecule has 126 valence electrons. The number of hydrogen-bond acceptors (Lipinski definition) is 3. The van der Waals surface area contributed by atoms with Crippen molar-refractivity contribution in [2.24, 2.45) is 0 Å². The van der Waals surface area contributed by atoms with Crippen LogP contribution >= 0.6 is 12.4 Å². The van der Waals surface area contributed by atoms with Gasteiger partial charge in [0, 0.05) is 5.54 Å². The Morgan fingerprint density at radius 2 is 1.74 bits per heavy atom. The van der Waals surface area contributed by atoms with Crippen molar-refractivity contribution in [3.63, 3.8) is 0 Å². The molecule has 1 aromatic carbocycles. The normalized spacial score (nSPS) is 18.4. The minimum Gasteiger partial charge on any atom is -0.317 e. The van der Waals surface area contributed by atoms with Crippen molar-refractivity contribution in [2.45, 2.75) is 50.4 Å². The van der Waals surface area contributed by atoms with Crippen LogP contribution in [0.15, 0.2) is 24.3 Å². The number of rotatable bonds is 4. The smallest absolute Gasteiger partial charge is 0.134 e. The van der Waals surface area contributed by atoms with E-state index >= 15 is 0 Å². The summed E-state index contributed by atoms with van der Waals surface area (Å²) in [6, 6.07) is 10.8. The molecule has 0 spiro atoms. The molecular weight excluding hydrogens is 324 g/mol. The average Bonchev–Trinajstić information content (AvgIpc) is 2.47. The van der Waals surface area contributed by atoms with Crippen LogP contribution in [-0.2, 0) is 10.2 Å². The fourth-order valence-corrected chi connectivity index (χ4v) is 6.07. The van der Waals surface area contributed by atoms with E-state index in [-0.39, 0.29) is 29.1 Å². The molecule has 1 aliphatic rings. The van der Waals surface area contributed by atoms with E-state index < -0.39 is 8.07 Å². The highest BCUT2D eigenvalue weighted by molar-refractivity contribution is 6.80. The van der Waals surface area contributed by atoms with Crippen LogP contribution in [-0.4, -0.2) is 26.9 Å². The average molecular weight is 351 g/mol. The summed E-state index contributed by atoms with van der Waals surface area (Å²) in [6.07, 6.45) is 1.71. The van der Waals surface area contributed by atoms with E-state index in [9.17, 15) is 10.1 Å². The first-order valence-electron chi connectivity index (χ1n) is 8.03. The first kappa shape index (κ1) is 19.9. The van der Waals surface area contributed by atoms with E-state index in [1.807, 2.05) is 0 Å². The number of ketones is 1. The lowest BCUT2D eigenvalue weighted by atomic mass is 9.74. The van der Waals surface area contributed by atoms with Crippen molar-refractivity contribution >= 4 is 26.3 Å². The lowest BCUT2D eigenvalue weighted by molar-refractivity contribution is -0.116. The van der Waals surface area contributed by atoms with Crippen LogP contribution in [0.25, 0.3) is 0 Å². The number of carbonyl (C=O) groups excluding carboxylic acids is 1. The van der Waals surface area contributed by atoms with Crippen molar-refractivity contribution in [1.29, 1.82) is 5.26 Å². The summed E-state index contributed by atoms with van der Waals surface area (Å²) in [5.41, 5.74) is 1.87. The van der Waals surface area contributed by atoms with Gasteiger partial charge >= 0.3 is 0 Å². The summed E-state index contributed by atoms with van der Waals surface area (Å²) < 4.78 is 0. The van der Waals surface area contributed by atoms with Crippen LogP contribution in [0.2, 0.25) is 19.6 Å². The molecule has 1 fully saturated rings. The molecule has 1 heterocycles. The zero-order chi connectivity index (χ0) is 16.4. The highest BCUT2D eigenvalue weighted by atomic mass is 35.5. The maximum Gasteiger partial charge on any atom is 0.134 e. The first-order chi connectivity index (χ1) is 10.3. The Morgan fingerprint density at radius 3 is 2.13 bits per heavy atom. The van der Waals surface area contributed by atoms with Crippen molar-refractivity contribution in [1.82, 2.24) is 5.32 Å². The van der Waals surface area contributed by atoms with E-state index in [1.165, 1.54) is 0 Å². The first-order valence-corrected chi connectivity index (χ1v) is 11.6. The molecule has 1 saturated heterocycles.